The molecular formula is C27H32BrF4N5O2. The first-order valence-corrected chi connectivity index (χ1v) is 13.1. The Kier molecular flexibility index (Phi) is 9.89. The number of hydrogen-bond donors (Lipinski definition) is 2. The number of benzene rings is 2. The zero-order chi connectivity index (χ0) is 29.1. The molecule has 0 spiro atoms. The van der Waals surface area contributed by atoms with Crippen LogP contribution in [0.1, 0.15) is 51.5 Å². The van der Waals surface area contributed by atoms with Gasteiger partial charge >= 0.3 is 0 Å². The highest BCUT2D eigenvalue weighted by Gasteiger charge is 2.40. The van der Waals surface area contributed by atoms with Gasteiger partial charge in [-0.2, -0.15) is 5.10 Å². The van der Waals surface area contributed by atoms with E-state index in [0.29, 0.717) is 0 Å². The van der Waals surface area contributed by atoms with Crippen molar-refractivity contribution in [3.05, 3.63) is 70.0 Å². The fourth-order valence-electron chi connectivity index (χ4n) is 4.28. The van der Waals surface area contributed by atoms with Crippen LogP contribution in [0.5, 0.6) is 0 Å². The number of aliphatic hydroxyl groups is 1. The summed E-state index contributed by atoms with van der Waals surface area (Å²) < 4.78 is 57.5. The summed E-state index contributed by atoms with van der Waals surface area (Å²) in [6.45, 7) is 6.67. The Morgan fingerprint density at radius 2 is 1.87 bits per heavy atom. The van der Waals surface area contributed by atoms with Crippen LogP contribution in [0.25, 0.3) is 11.4 Å². The molecule has 1 unspecified atom stereocenters. The van der Waals surface area contributed by atoms with Crippen molar-refractivity contribution in [1.29, 1.82) is 0 Å². The number of alkyl halides is 2. The van der Waals surface area contributed by atoms with Crippen molar-refractivity contribution in [2.45, 2.75) is 65.3 Å². The minimum atomic E-state index is -2.80. The molecule has 0 saturated carbocycles. The fraction of sp³-hybridized carbons (Fsp3) is 0.444. The second kappa shape index (κ2) is 12.6. The smallest absolute Gasteiger partial charge is 0.253 e. The highest BCUT2D eigenvalue weighted by Crippen LogP contribution is 2.39. The Hall–Kier alpha value is -2.83. The van der Waals surface area contributed by atoms with Crippen LogP contribution in [0.2, 0.25) is 0 Å². The van der Waals surface area contributed by atoms with Crippen molar-refractivity contribution in [3.8, 4) is 11.4 Å². The van der Waals surface area contributed by atoms with Gasteiger partial charge in [-0.3, -0.25) is 4.79 Å². The number of amides is 1. The lowest BCUT2D eigenvalue weighted by Crippen LogP contribution is -2.48. The Labute approximate surface area is 233 Å². The molecule has 0 aliphatic heterocycles. The zero-order valence-corrected chi connectivity index (χ0v) is 23.7. The summed E-state index contributed by atoms with van der Waals surface area (Å²) in [4.78, 5) is 19.1. The van der Waals surface area contributed by atoms with Crippen LogP contribution in [0.3, 0.4) is 0 Å². The summed E-state index contributed by atoms with van der Waals surface area (Å²) in [6, 6.07) is 7.86. The molecule has 12 heteroatoms. The van der Waals surface area contributed by atoms with Crippen molar-refractivity contribution < 1.29 is 27.5 Å². The van der Waals surface area contributed by atoms with Crippen LogP contribution in [-0.2, 0) is 11.3 Å². The summed E-state index contributed by atoms with van der Waals surface area (Å²) in [5.74, 6) is -2.04. The number of carbonyl (C=O) groups is 1. The monoisotopic (exact) mass is 613 g/mol. The molecule has 3 rings (SSSR count). The molecule has 0 aliphatic rings. The first-order valence-electron chi connectivity index (χ1n) is 12.4. The molecule has 3 aromatic rings. The summed E-state index contributed by atoms with van der Waals surface area (Å²) >= 11 is 3.43. The molecule has 0 aliphatic carbocycles. The van der Waals surface area contributed by atoms with Gasteiger partial charge in [0.15, 0.2) is 11.6 Å². The molecule has 212 valence electrons. The normalized spacial score (nSPS) is 14.4. The van der Waals surface area contributed by atoms with Crippen LogP contribution in [0.4, 0.5) is 17.6 Å². The van der Waals surface area contributed by atoms with E-state index in [0.717, 1.165) is 28.2 Å². The second-order valence-electron chi connectivity index (χ2n) is 10.5. The topological polar surface area (TPSA) is 97.3 Å². The van der Waals surface area contributed by atoms with Crippen LogP contribution in [0.15, 0.2) is 46.9 Å². The first kappa shape index (κ1) is 30.7. The number of hydrogen-bond acceptors (Lipinski definition) is 5. The summed E-state index contributed by atoms with van der Waals surface area (Å²) in [6.07, 6.45) is -4.49. The number of halogens is 5. The van der Waals surface area contributed by atoms with Crippen molar-refractivity contribution in [2.75, 3.05) is 6.54 Å². The molecule has 3 atom stereocenters. The molecule has 3 N–H and O–H groups in total. The first-order chi connectivity index (χ1) is 18.2. The summed E-state index contributed by atoms with van der Waals surface area (Å²) in [5.41, 5.74) is 5.43. The summed E-state index contributed by atoms with van der Waals surface area (Å²) in [7, 11) is 0. The molecule has 0 saturated heterocycles. The number of carbonyl (C=O) groups excluding carboxylic acids is 1. The van der Waals surface area contributed by atoms with Crippen molar-refractivity contribution in [2.24, 2.45) is 11.1 Å². The predicted octanol–water partition coefficient (Wildman–Crippen LogP) is 5.31. The molecule has 1 aromatic heterocycles. The van der Waals surface area contributed by atoms with E-state index < -0.39 is 47.6 Å². The number of aliphatic hydroxyl groups excluding tert-OH is 1. The molecule has 0 bridgehead atoms. The Bertz CT molecular complexity index is 1300. The number of nitrogens with zero attached hydrogens (tertiary/aromatic N) is 4. The molecular weight excluding hydrogens is 582 g/mol. The van der Waals surface area contributed by atoms with E-state index in [-0.39, 0.29) is 36.7 Å². The molecule has 2 aromatic carbocycles. The predicted molar refractivity (Wildman–Crippen MR) is 143 cm³/mol. The lowest BCUT2D eigenvalue weighted by atomic mass is 9.84. The van der Waals surface area contributed by atoms with Gasteiger partial charge in [0.05, 0.1) is 24.2 Å². The van der Waals surface area contributed by atoms with Crippen molar-refractivity contribution in [3.63, 3.8) is 0 Å². The van der Waals surface area contributed by atoms with E-state index in [2.05, 4.69) is 26.0 Å². The van der Waals surface area contributed by atoms with Crippen LogP contribution < -0.4 is 5.73 Å². The van der Waals surface area contributed by atoms with E-state index in [4.69, 9.17) is 5.73 Å². The molecule has 0 fully saturated rings. The summed E-state index contributed by atoms with van der Waals surface area (Å²) in [5, 5.41) is 14.7. The van der Waals surface area contributed by atoms with Crippen LogP contribution in [-0.4, -0.2) is 55.8 Å². The third kappa shape index (κ3) is 7.64. The largest absolute Gasteiger partial charge is 0.384 e. The van der Waals surface area contributed by atoms with Gasteiger partial charge in [-0.15, -0.1) is 0 Å². The SMILES string of the molecule is C[C@H](O)C(=O)N(CC[C@@H](N)C(F)F)C(c1nc(-c2cc(F)ccc2F)nn1Cc1cccc(Br)c1)C(C)(C)C. The van der Waals surface area contributed by atoms with Crippen molar-refractivity contribution >= 4 is 21.8 Å². The molecule has 7 nitrogen and oxygen atoms in total. The van der Waals surface area contributed by atoms with E-state index in [1.165, 1.54) is 16.5 Å². The van der Waals surface area contributed by atoms with Crippen LogP contribution >= 0.6 is 15.9 Å². The average molecular weight is 614 g/mol. The maximum atomic E-state index is 14.7. The third-order valence-electron chi connectivity index (χ3n) is 6.14. The molecule has 1 amide bonds. The standard InChI is InChI=1S/C27H32BrF4N5O2/c1-15(38)26(39)36(11-10-21(33)23(31)32)22(27(2,3)4)25-34-24(19-13-18(29)8-9-20(19)30)35-37(25)14-16-6-5-7-17(28)12-16/h5-9,12-13,15,21-23,38H,10-11,14,33H2,1-4H3/t15-,21+,22?/m0/s1. The van der Waals surface area contributed by atoms with Gasteiger partial charge in [0.2, 0.25) is 0 Å². The second-order valence-corrected chi connectivity index (χ2v) is 11.4. The minimum absolute atomic E-state index is 0.111. The lowest BCUT2D eigenvalue weighted by molar-refractivity contribution is -0.145. The van der Waals surface area contributed by atoms with Gasteiger partial charge in [-0.05, 0) is 54.7 Å². The highest BCUT2D eigenvalue weighted by atomic mass is 79.9. The quantitative estimate of drug-likeness (QED) is 0.302. The van der Waals surface area contributed by atoms with E-state index in [9.17, 15) is 27.5 Å². The highest BCUT2D eigenvalue weighted by molar-refractivity contribution is 9.10. The lowest BCUT2D eigenvalue weighted by Gasteiger charge is -2.40. The van der Waals surface area contributed by atoms with Crippen LogP contribution in [0, 0.1) is 17.0 Å². The van der Waals surface area contributed by atoms with Gasteiger partial charge in [0.25, 0.3) is 12.3 Å². The van der Waals surface area contributed by atoms with Crippen molar-refractivity contribution in [1.82, 2.24) is 19.7 Å². The molecule has 39 heavy (non-hydrogen) atoms. The molecule has 0 radical (unpaired) electrons. The molecule has 1 heterocycles. The maximum Gasteiger partial charge on any atom is 0.253 e. The average Bonchev–Trinajstić information content (AvgIpc) is 3.23. The number of nitrogens with two attached hydrogens (primary N) is 1. The van der Waals surface area contributed by atoms with Gasteiger partial charge in [-0.1, -0.05) is 48.8 Å². The fourth-order valence-corrected chi connectivity index (χ4v) is 4.73. The Balaban J connectivity index is 2.22. The van der Waals surface area contributed by atoms with Gasteiger partial charge in [-0.25, -0.2) is 27.2 Å². The van der Waals surface area contributed by atoms with E-state index >= 15 is 0 Å². The van der Waals surface area contributed by atoms with Gasteiger partial charge < -0.3 is 15.7 Å². The number of aromatic nitrogens is 3. The minimum Gasteiger partial charge on any atom is -0.384 e. The Morgan fingerprint density at radius 1 is 1.18 bits per heavy atom. The van der Waals surface area contributed by atoms with Gasteiger partial charge in [0, 0.05) is 11.0 Å². The Morgan fingerprint density at radius 3 is 2.46 bits per heavy atom. The van der Waals surface area contributed by atoms with Gasteiger partial charge in [0.1, 0.15) is 17.7 Å². The zero-order valence-electron chi connectivity index (χ0n) is 22.1. The van der Waals surface area contributed by atoms with E-state index in [1.807, 2.05) is 45.0 Å². The number of rotatable bonds is 10. The van der Waals surface area contributed by atoms with E-state index in [1.54, 1.807) is 0 Å². The third-order valence-corrected chi connectivity index (χ3v) is 6.63. The maximum absolute atomic E-state index is 14.7.